The van der Waals surface area contributed by atoms with E-state index >= 15 is 0 Å². The molecule has 0 bridgehead atoms. The molecule has 32 heavy (non-hydrogen) atoms. The maximum absolute atomic E-state index is 6.78. The lowest BCUT2D eigenvalue weighted by molar-refractivity contribution is -0.150. The van der Waals surface area contributed by atoms with E-state index in [4.69, 9.17) is 9.84 Å². The van der Waals surface area contributed by atoms with Gasteiger partial charge in [0.15, 0.2) is 0 Å². The minimum Gasteiger partial charge on any atom is -0.466 e. The van der Waals surface area contributed by atoms with Crippen molar-refractivity contribution in [2.45, 2.75) is 37.6 Å². The van der Waals surface area contributed by atoms with E-state index in [1.807, 2.05) is 0 Å². The van der Waals surface area contributed by atoms with E-state index in [0.717, 1.165) is 58.6 Å². The molecular formula is C25H23Br2N3OS. The van der Waals surface area contributed by atoms with Crippen molar-refractivity contribution in [1.29, 1.82) is 0 Å². The lowest BCUT2D eigenvalue weighted by atomic mass is 9.91. The van der Waals surface area contributed by atoms with Crippen LogP contribution in [0.2, 0.25) is 0 Å². The first-order valence-electron chi connectivity index (χ1n) is 11.0. The first kappa shape index (κ1) is 20.9. The number of benzene rings is 2. The molecule has 3 aliphatic rings. The zero-order chi connectivity index (χ0) is 21.7. The van der Waals surface area contributed by atoms with E-state index in [0.29, 0.717) is 0 Å². The van der Waals surface area contributed by atoms with E-state index in [1.165, 1.54) is 16.0 Å². The third-order valence-electron chi connectivity index (χ3n) is 6.70. The molecule has 4 nitrogen and oxygen atoms in total. The molecule has 0 aliphatic carbocycles. The number of likely N-dealkylation sites (tertiary alicyclic amines) is 1. The normalized spacial score (nSPS) is 21.8. The summed E-state index contributed by atoms with van der Waals surface area (Å²) in [4.78, 5) is 3.77. The SMILES string of the molecule is Brc1ccc2c(c1)C1CC(c3ccc(Br)s3)=NN1C1(CCN(Cc3ccccc3)CC1)O2. The molecule has 2 aromatic carbocycles. The van der Waals surface area contributed by atoms with Crippen LogP contribution in [-0.4, -0.2) is 34.4 Å². The van der Waals surface area contributed by atoms with Crippen LogP contribution in [-0.2, 0) is 6.54 Å². The van der Waals surface area contributed by atoms with Crippen molar-refractivity contribution >= 4 is 48.9 Å². The molecule has 1 unspecified atom stereocenters. The highest BCUT2D eigenvalue weighted by atomic mass is 79.9. The molecule has 3 aliphatic heterocycles. The summed E-state index contributed by atoms with van der Waals surface area (Å²) in [6.07, 6.45) is 2.79. The number of halogens is 2. The fraction of sp³-hybridized carbons (Fsp3) is 0.320. The molecule has 3 aromatic rings. The Hall–Kier alpha value is -1.67. The van der Waals surface area contributed by atoms with Crippen LogP contribution in [0.4, 0.5) is 0 Å². The van der Waals surface area contributed by atoms with Gasteiger partial charge in [0.1, 0.15) is 5.75 Å². The van der Waals surface area contributed by atoms with Crippen molar-refractivity contribution in [3.05, 3.63) is 84.9 Å². The van der Waals surface area contributed by atoms with Crippen LogP contribution in [0.3, 0.4) is 0 Å². The molecule has 1 fully saturated rings. The molecule has 0 N–H and O–H groups in total. The molecule has 4 heterocycles. The van der Waals surface area contributed by atoms with Crippen molar-refractivity contribution < 1.29 is 4.74 Å². The van der Waals surface area contributed by atoms with Crippen molar-refractivity contribution in [2.75, 3.05) is 13.1 Å². The van der Waals surface area contributed by atoms with Crippen LogP contribution in [0.25, 0.3) is 0 Å². The number of thiophene rings is 1. The Labute approximate surface area is 209 Å². The predicted octanol–water partition coefficient (Wildman–Crippen LogP) is 6.81. The average Bonchev–Trinajstić information content (AvgIpc) is 3.44. The Morgan fingerprint density at radius 3 is 2.59 bits per heavy atom. The molecule has 1 saturated heterocycles. The molecule has 1 atom stereocenters. The third-order valence-corrected chi connectivity index (χ3v) is 8.87. The molecular weight excluding hydrogens is 550 g/mol. The fourth-order valence-electron chi connectivity index (χ4n) is 5.10. The van der Waals surface area contributed by atoms with Crippen molar-refractivity contribution in [2.24, 2.45) is 5.10 Å². The third kappa shape index (κ3) is 3.73. The van der Waals surface area contributed by atoms with E-state index in [2.05, 4.69) is 102 Å². The topological polar surface area (TPSA) is 28.1 Å². The largest absolute Gasteiger partial charge is 0.466 e. The van der Waals surface area contributed by atoms with Crippen LogP contribution in [0.5, 0.6) is 5.75 Å². The summed E-state index contributed by atoms with van der Waals surface area (Å²) < 4.78 is 9.01. The standard InChI is InChI=1S/C25H23Br2N3OS/c26-18-6-7-22-19(14-18)21-15-20(23-8-9-24(27)32-23)28-30(21)25(31-22)10-12-29(13-11-25)16-17-4-2-1-3-5-17/h1-9,14,21H,10-13,15-16H2. The van der Waals surface area contributed by atoms with Gasteiger partial charge in [0.25, 0.3) is 0 Å². The van der Waals surface area contributed by atoms with Crippen molar-refractivity contribution in [1.82, 2.24) is 9.91 Å². The first-order valence-corrected chi connectivity index (χ1v) is 13.4. The molecule has 164 valence electrons. The van der Waals surface area contributed by atoms with Crippen LogP contribution >= 0.6 is 43.2 Å². The number of rotatable bonds is 3. The Kier molecular flexibility index (Phi) is 5.41. The Morgan fingerprint density at radius 2 is 1.84 bits per heavy atom. The monoisotopic (exact) mass is 571 g/mol. The second-order valence-electron chi connectivity index (χ2n) is 8.71. The number of ether oxygens (including phenoxy) is 1. The fourth-order valence-corrected chi connectivity index (χ4v) is 6.86. The lowest BCUT2D eigenvalue weighted by Crippen LogP contribution is -2.59. The van der Waals surface area contributed by atoms with E-state index in [9.17, 15) is 0 Å². The van der Waals surface area contributed by atoms with Crippen LogP contribution < -0.4 is 4.74 Å². The van der Waals surface area contributed by atoms with Crippen LogP contribution in [0.15, 0.2) is 74.0 Å². The summed E-state index contributed by atoms with van der Waals surface area (Å²) in [7, 11) is 0. The highest BCUT2D eigenvalue weighted by molar-refractivity contribution is 9.11. The van der Waals surface area contributed by atoms with Gasteiger partial charge in [0.2, 0.25) is 5.72 Å². The lowest BCUT2D eigenvalue weighted by Gasteiger charge is -2.51. The van der Waals surface area contributed by atoms with Gasteiger partial charge in [-0.2, -0.15) is 5.10 Å². The number of fused-ring (bicyclic) bond motifs is 4. The average molecular weight is 573 g/mol. The summed E-state index contributed by atoms with van der Waals surface area (Å²) in [5.41, 5.74) is 3.37. The van der Waals surface area contributed by atoms with Crippen molar-refractivity contribution in [3.63, 3.8) is 0 Å². The summed E-state index contributed by atoms with van der Waals surface area (Å²) in [5, 5.41) is 7.49. The smallest absolute Gasteiger partial charge is 0.200 e. The van der Waals surface area contributed by atoms with Gasteiger partial charge in [-0.25, -0.2) is 5.01 Å². The Balaban J connectivity index is 1.31. The second-order valence-corrected chi connectivity index (χ2v) is 12.1. The molecule has 1 spiro atoms. The Bertz CT molecular complexity index is 1170. The molecule has 0 saturated carbocycles. The summed E-state index contributed by atoms with van der Waals surface area (Å²) in [6.45, 7) is 2.99. The van der Waals surface area contributed by atoms with Gasteiger partial charge in [-0.1, -0.05) is 46.3 Å². The Morgan fingerprint density at radius 1 is 1.03 bits per heavy atom. The molecule has 0 radical (unpaired) electrons. The number of hydrazone groups is 1. The number of piperidine rings is 1. The molecule has 7 heteroatoms. The van der Waals surface area contributed by atoms with E-state index < -0.39 is 0 Å². The summed E-state index contributed by atoms with van der Waals surface area (Å²) in [5.74, 6) is 1.01. The summed E-state index contributed by atoms with van der Waals surface area (Å²) >= 11 is 9.02. The number of hydrogen-bond donors (Lipinski definition) is 0. The maximum Gasteiger partial charge on any atom is 0.200 e. The summed E-state index contributed by atoms with van der Waals surface area (Å²) in [6, 6.07) is 21.6. The predicted molar refractivity (Wildman–Crippen MR) is 136 cm³/mol. The van der Waals surface area contributed by atoms with Gasteiger partial charge in [-0.15, -0.1) is 11.3 Å². The zero-order valence-electron chi connectivity index (χ0n) is 17.5. The highest BCUT2D eigenvalue weighted by Crippen LogP contribution is 2.51. The molecule has 6 rings (SSSR count). The van der Waals surface area contributed by atoms with Crippen LogP contribution in [0.1, 0.15) is 41.3 Å². The maximum atomic E-state index is 6.78. The highest BCUT2D eigenvalue weighted by Gasteiger charge is 2.51. The van der Waals surface area contributed by atoms with Gasteiger partial charge in [-0.3, -0.25) is 4.90 Å². The van der Waals surface area contributed by atoms with Gasteiger partial charge < -0.3 is 4.74 Å². The van der Waals surface area contributed by atoms with Gasteiger partial charge in [0.05, 0.1) is 20.4 Å². The van der Waals surface area contributed by atoms with E-state index in [1.54, 1.807) is 11.3 Å². The van der Waals surface area contributed by atoms with Gasteiger partial charge in [-0.05, 0) is 51.8 Å². The molecule has 1 aromatic heterocycles. The number of hydrogen-bond acceptors (Lipinski definition) is 5. The van der Waals surface area contributed by atoms with Crippen LogP contribution in [0, 0.1) is 0 Å². The zero-order valence-corrected chi connectivity index (χ0v) is 21.5. The number of nitrogens with zero attached hydrogens (tertiary/aromatic N) is 3. The molecule has 0 amide bonds. The van der Waals surface area contributed by atoms with Gasteiger partial charge in [0, 0.05) is 48.9 Å². The van der Waals surface area contributed by atoms with Gasteiger partial charge >= 0.3 is 0 Å². The van der Waals surface area contributed by atoms with E-state index in [-0.39, 0.29) is 11.8 Å². The first-order chi connectivity index (χ1) is 15.6. The quantitative estimate of drug-likeness (QED) is 0.345. The van der Waals surface area contributed by atoms with Crippen molar-refractivity contribution in [3.8, 4) is 5.75 Å². The minimum absolute atomic E-state index is 0.216. The minimum atomic E-state index is -0.380. The second kappa shape index (κ2) is 8.28.